The molecule has 9 heteroatoms. The molecule has 0 aromatic carbocycles. The van der Waals surface area contributed by atoms with Gasteiger partial charge in [-0.25, -0.2) is 8.42 Å². The van der Waals surface area contributed by atoms with E-state index in [4.69, 9.17) is 9.73 Å². The van der Waals surface area contributed by atoms with Crippen LogP contribution in [0.5, 0.6) is 0 Å². The summed E-state index contributed by atoms with van der Waals surface area (Å²) in [4.78, 5) is 12.1. The molecule has 2 aliphatic heterocycles. The van der Waals surface area contributed by atoms with Crippen molar-refractivity contribution >= 4 is 27.1 Å². The van der Waals surface area contributed by atoms with Crippen LogP contribution in [0.4, 0.5) is 0 Å². The van der Waals surface area contributed by atoms with Crippen molar-refractivity contribution in [3.8, 4) is 0 Å². The third kappa shape index (κ3) is 5.31. The summed E-state index contributed by atoms with van der Waals surface area (Å²) < 4.78 is 29.5. The summed E-state index contributed by atoms with van der Waals surface area (Å²) in [6.45, 7) is 13.5. The number of hydrogen-bond donors (Lipinski definition) is 1. The normalized spacial score (nSPS) is 23.7. The van der Waals surface area contributed by atoms with E-state index in [0.717, 1.165) is 38.8 Å². The summed E-state index contributed by atoms with van der Waals surface area (Å²) in [5.41, 5.74) is 0. The molecule has 1 aromatic heterocycles. The molecule has 2 saturated heterocycles. The zero-order valence-corrected chi connectivity index (χ0v) is 19.6. The Bertz CT molecular complexity index is 813. The quantitative estimate of drug-likeness (QED) is 0.555. The molecule has 2 fully saturated rings. The third-order valence-electron chi connectivity index (χ3n) is 5.67. The van der Waals surface area contributed by atoms with Crippen molar-refractivity contribution in [1.82, 2.24) is 15.1 Å². The molecule has 1 unspecified atom stereocenters. The average Bonchev–Trinajstić information content (AvgIpc) is 3.10. The van der Waals surface area contributed by atoms with E-state index >= 15 is 0 Å². The number of nitrogens with one attached hydrogen (secondary N) is 1. The van der Waals surface area contributed by atoms with E-state index in [1.165, 1.54) is 9.75 Å². The molecule has 164 valence electrons. The summed E-state index contributed by atoms with van der Waals surface area (Å²) in [6.07, 6.45) is 0. The first-order valence-corrected chi connectivity index (χ1v) is 12.8. The van der Waals surface area contributed by atoms with Gasteiger partial charge < -0.3 is 15.0 Å². The molecule has 2 aliphatic rings. The van der Waals surface area contributed by atoms with Crippen LogP contribution in [0, 0.1) is 6.92 Å². The minimum Gasteiger partial charge on any atom is -0.379 e. The van der Waals surface area contributed by atoms with Crippen molar-refractivity contribution < 1.29 is 13.2 Å². The molecule has 3 heterocycles. The fourth-order valence-corrected chi connectivity index (χ4v) is 6.20. The first-order chi connectivity index (χ1) is 13.7. The average molecular weight is 443 g/mol. The Morgan fingerprint density at radius 3 is 2.62 bits per heavy atom. The molecule has 0 spiro atoms. The fraction of sp³-hybridized carbons (Fsp3) is 0.750. The van der Waals surface area contributed by atoms with Crippen LogP contribution in [-0.4, -0.2) is 87.2 Å². The van der Waals surface area contributed by atoms with Gasteiger partial charge in [0, 0.05) is 42.5 Å². The van der Waals surface area contributed by atoms with Crippen LogP contribution in [0.25, 0.3) is 0 Å². The Morgan fingerprint density at radius 2 is 2.03 bits per heavy atom. The van der Waals surface area contributed by atoms with Gasteiger partial charge in [-0.15, -0.1) is 11.3 Å². The first-order valence-electron chi connectivity index (χ1n) is 10.4. The van der Waals surface area contributed by atoms with Crippen LogP contribution in [0.3, 0.4) is 0 Å². The largest absolute Gasteiger partial charge is 0.379 e. The van der Waals surface area contributed by atoms with Gasteiger partial charge in [-0.3, -0.25) is 9.89 Å². The highest BCUT2D eigenvalue weighted by molar-refractivity contribution is 7.92. The Kier molecular flexibility index (Phi) is 7.24. The predicted octanol–water partition coefficient (Wildman–Crippen LogP) is 1.90. The molecule has 7 nitrogen and oxygen atoms in total. The van der Waals surface area contributed by atoms with E-state index in [-0.39, 0.29) is 11.8 Å². The van der Waals surface area contributed by atoms with Crippen molar-refractivity contribution in [3.05, 3.63) is 21.9 Å². The van der Waals surface area contributed by atoms with Gasteiger partial charge >= 0.3 is 0 Å². The molecule has 0 amide bonds. The Labute approximate surface area is 179 Å². The lowest BCUT2D eigenvalue weighted by atomic mass is 10.2. The smallest absolute Gasteiger partial charge is 0.194 e. The lowest BCUT2D eigenvalue weighted by molar-refractivity contribution is 0.0186. The van der Waals surface area contributed by atoms with Crippen molar-refractivity contribution in [3.63, 3.8) is 0 Å². The minimum absolute atomic E-state index is 0.168. The number of ether oxygens (including phenoxy) is 1. The van der Waals surface area contributed by atoms with E-state index in [9.17, 15) is 8.42 Å². The van der Waals surface area contributed by atoms with Gasteiger partial charge in [0.15, 0.2) is 15.8 Å². The van der Waals surface area contributed by atoms with Crippen molar-refractivity contribution in [1.29, 1.82) is 0 Å². The zero-order valence-electron chi connectivity index (χ0n) is 18.0. The topological polar surface area (TPSA) is 74.2 Å². The molecule has 3 rings (SSSR count). The number of guanidine groups is 1. The highest BCUT2D eigenvalue weighted by atomic mass is 32.2. The van der Waals surface area contributed by atoms with Gasteiger partial charge in [0.2, 0.25) is 0 Å². The molecule has 29 heavy (non-hydrogen) atoms. The number of thiophene rings is 1. The molecule has 0 saturated carbocycles. The van der Waals surface area contributed by atoms with Crippen LogP contribution in [0.1, 0.15) is 36.6 Å². The number of aliphatic imine (C=N–C) groups is 1. The summed E-state index contributed by atoms with van der Waals surface area (Å²) in [5.74, 6) is 0.976. The van der Waals surface area contributed by atoms with Crippen LogP contribution >= 0.6 is 11.3 Å². The predicted molar refractivity (Wildman–Crippen MR) is 120 cm³/mol. The number of hydrogen-bond acceptors (Lipinski definition) is 6. The SMILES string of the molecule is CCNC(=NCC(c1ccc(C)s1)N1CCOCC1)N1CCS(=O)(=O)C(C)(C)C1. The Hall–Kier alpha value is -1.16. The fourth-order valence-electron chi connectivity index (χ4n) is 3.83. The molecule has 0 bridgehead atoms. The molecular weight excluding hydrogens is 408 g/mol. The summed E-state index contributed by atoms with van der Waals surface area (Å²) >= 11 is 1.82. The monoisotopic (exact) mass is 442 g/mol. The lowest BCUT2D eigenvalue weighted by Crippen LogP contribution is -2.57. The first kappa shape index (κ1) is 22.5. The van der Waals surface area contributed by atoms with Gasteiger partial charge in [-0.05, 0) is 39.8 Å². The third-order valence-corrected chi connectivity index (χ3v) is 9.30. The number of nitrogens with zero attached hydrogens (tertiary/aromatic N) is 3. The molecule has 1 aromatic rings. The number of rotatable bonds is 5. The van der Waals surface area contributed by atoms with Gasteiger partial charge in [0.05, 0.1) is 36.3 Å². The second-order valence-electron chi connectivity index (χ2n) is 8.31. The summed E-state index contributed by atoms with van der Waals surface area (Å²) in [5, 5.41) is 3.37. The van der Waals surface area contributed by atoms with E-state index in [1.807, 2.05) is 32.1 Å². The second kappa shape index (κ2) is 9.32. The van der Waals surface area contributed by atoms with Gasteiger partial charge in [0.25, 0.3) is 0 Å². The van der Waals surface area contributed by atoms with E-state index in [0.29, 0.717) is 19.6 Å². The van der Waals surface area contributed by atoms with E-state index < -0.39 is 14.6 Å². The van der Waals surface area contributed by atoms with Crippen LogP contribution < -0.4 is 5.32 Å². The van der Waals surface area contributed by atoms with E-state index in [1.54, 1.807) is 0 Å². The lowest BCUT2D eigenvalue weighted by Gasteiger charge is -2.39. The maximum Gasteiger partial charge on any atom is 0.194 e. The van der Waals surface area contributed by atoms with Crippen LogP contribution in [0.2, 0.25) is 0 Å². The number of aryl methyl sites for hydroxylation is 1. The van der Waals surface area contributed by atoms with Gasteiger partial charge in [0.1, 0.15) is 0 Å². The minimum atomic E-state index is -3.08. The molecular formula is C20H34N4O3S2. The van der Waals surface area contributed by atoms with Crippen molar-refractivity contribution in [2.24, 2.45) is 4.99 Å². The standard InChI is InChI=1S/C20H34N4O3S2/c1-5-21-19(24-10-13-29(25,26)20(3,4)15-24)22-14-17(18-7-6-16(2)28-18)23-8-11-27-12-9-23/h6-7,17H,5,8-15H2,1-4H3,(H,21,22). The number of sulfone groups is 1. The maximum absolute atomic E-state index is 12.4. The van der Waals surface area contributed by atoms with Crippen molar-refractivity contribution in [2.45, 2.75) is 38.5 Å². The van der Waals surface area contributed by atoms with Crippen LogP contribution in [0.15, 0.2) is 17.1 Å². The molecule has 1 N–H and O–H groups in total. The van der Waals surface area contributed by atoms with Crippen LogP contribution in [-0.2, 0) is 14.6 Å². The maximum atomic E-state index is 12.4. The summed E-state index contributed by atoms with van der Waals surface area (Å²) in [6, 6.07) is 4.59. The van der Waals surface area contributed by atoms with Crippen molar-refractivity contribution in [2.75, 3.05) is 58.2 Å². The van der Waals surface area contributed by atoms with Gasteiger partial charge in [-0.1, -0.05) is 0 Å². The molecule has 1 atom stereocenters. The number of morpholine rings is 1. The molecule has 0 aliphatic carbocycles. The Morgan fingerprint density at radius 1 is 1.31 bits per heavy atom. The second-order valence-corrected chi connectivity index (χ2v) is 12.4. The highest BCUT2D eigenvalue weighted by Gasteiger charge is 2.41. The zero-order chi connectivity index (χ0) is 21.1. The van der Waals surface area contributed by atoms with E-state index in [2.05, 4.69) is 34.2 Å². The van der Waals surface area contributed by atoms with Gasteiger partial charge in [-0.2, -0.15) is 0 Å². The summed E-state index contributed by atoms with van der Waals surface area (Å²) in [7, 11) is -3.08. The molecule has 0 radical (unpaired) electrons. The highest BCUT2D eigenvalue weighted by Crippen LogP contribution is 2.29. The Balaban J connectivity index is 1.81.